The summed E-state index contributed by atoms with van der Waals surface area (Å²) < 4.78 is 37.5. The molecule has 0 bridgehead atoms. The van der Waals surface area contributed by atoms with E-state index in [0.29, 0.717) is 19.6 Å². The standard InChI is InChI=1S/C44H90O.C6H15NO3.H2O4S/c1-3-5-7-9-11-13-15-17-19-21-23-25-27-29-31-33-35-37-39-41-43-45-44-42-40-38-36-34-32-30-28-26-24-22-20-18-16-14-12-10-8-6-4-2;8-4-1-7(2-5-9)3-6-10;1-5(2,3)4/h3-44H2,1-2H3;8-10H,1-6H2;(H2,1,2,3,4). The largest absolute Gasteiger partial charge is 0.395 e. The molecular formula is C50H107NO8S. The topological polar surface area (TPSA) is 148 Å². The molecule has 0 aromatic carbocycles. The molecule has 5 N–H and O–H groups in total. The maximum Gasteiger partial charge on any atom is 0.394 e. The van der Waals surface area contributed by atoms with Crippen molar-refractivity contribution in [1.29, 1.82) is 0 Å². The Bertz CT molecular complexity index is 771. The molecule has 0 amide bonds. The monoisotopic (exact) mass is 882 g/mol. The first-order chi connectivity index (χ1) is 29.3. The summed E-state index contributed by atoms with van der Waals surface area (Å²) in [5, 5.41) is 25.5. The molecule has 0 atom stereocenters. The molecule has 0 radical (unpaired) electrons. The van der Waals surface area contributed by atoms with Crippen molar-refractivity contribution in [2.24, 2.45) is 0 Å². The Hall–Kier alpha value is -0.330. The lowest BCUT2D eigenvalue weighted by Gasteiger charge is -2.17. The van der Waals surface area contributed by atoms with Crippen LogP contribution in [0.3, 0.4) is 0 Å². The molecular weight excluding hydrogens is 775 g/mol. The van der Waals surface area contributed by atoms with Gasteiger partial charge in [0.15, 0.2) is 0 Å². The van der Waals surface area contributed by atoms with Crippen LogP contribution >= 0.6 is 0 Å². The molecule has 366 valence electrons. The van der Waals surface area contributed by atoms with Crippen molar-refractivity contribution < 1.29 is 37.6 Å². The molecule has 0 aliphatic rings. The fourth-order valence-corrected chi connectivity index (χ4v) is 7.78. The lowest BCUT2D eigenvalue weighted by atomic mass is 10.0. The summed E-state index contributed by atoms with van der Waals surface area (Å²) in [6.45, 7) is 8.36. The van der Waals surface area contributed by atoms with Gasteiger partial charge in [-0.2, -0.15) is 8.42 Å². The summed E-state index contributed by atoms with van der Waals surface area (Å²) in [4.78, 5) is 1.79. The molecule has 60 heavy (non-hydrogen) atoms. The minimum atomic E-state index is -4.67. The van der Waals surface area contributed by atoms with Crippen molar-refractivity contribution in [1.82, 2.24) is 4.90 Å². The van der Waals surface area contributed by atoms with Crippen LogP contribution in [0.2, 0.25) is 0 Å². The number of unbranched alkanes of at least 4 members (excludes halogenated alkanes) is 38. The molecule has 0 aromatic heterocycles. The number of hydrogen-bond donors (Lipinski definition) is 5. The fourth-order valence-electron chi connectivity index (χ4n) is 7.78. The summed E-state index contributed by atoms with van der Waals surface area (Å²) >= 11 is 0. The van der Waals surface area contributed by atoms with Gasteiger partial charge in [0.2, 0.25) is 0 Å². The molecule has 0 heterocycles. The van der Waals surface area contributed by atoms with Crippen LogP contribution in [0.4, 0.5) is 0 Å². The Morgan fingerprint density at radius 3 is 0.617 bits per heavy atom. The second kappa shape index (κ2) is 58.7. The SMILES string of the molecule is CCCCCCCCCCCCCCCCCCCCCCOCCCCCCCCCCCCCCCCCCCCCC.O=S(=O)(O)O.OCCN(CCO)CCO. The third-order valence-electron chi connectivity index (χ3n) is 11.5. The van der Waals surface area contributed by atoms with Crippen LogP contribution in [0.1, 0.15) is 271 Å². The number of aliphatic hydroxyl groups is 3. The van der Waals surface area contributed by atoms with Gasteiger partial charge in [-0.05, 0) is 12.8 Å². The molecule has 0 saturated heterocycles. The van der Waals surface area contributed by atoms with Gasteiger partial charge < -0.3 is 20.1 Å². The number of hydrogen-bond acceptors (Lipinski definition) is 7. The van der Waals surface area contributed by atoms with E-state index in [0.717, 1.165) is 13.2 Å². The molecule has 0 aliphatic heterocycles. The van der Waals surface area contributed by atoms with Gasteiger partial charge >= 0.3 is 10.4 Å². The summed E-state index contributed by atoms with van der Waals surface area (Å²) in [6.07, 6.45) is 58.0. The molecule has 9 nitrogen and oxygen atoms in total. The van der Waals surface area contributed by atoms with E-state index >= 15 is 0 Å². The first kappa shape index (κ1) is 64.0. The number of aliphatic hydroxyl groups excluding tert-OH is 3. The van der Waals surface area contributed by atoms with Gasteiger partial charge in [-0.1, -0.05) is 258 Å². The third kappa shape index (κ3) is 72.1. The zero-order valence-electron chi connectivity index (χ0n) is 40.3. The molecule has 10 heteroatoms. The van der Waals surface area contributed by atoms with Gasteiger partial charge in [0, 0.05) is 32.8 Å². The van der Waals surface area contributed by atoms with Crippen LogP contribution in [0.25, 0.3) is 0 Å². The van der Waals surface area contributed by atoms with Crippen LogP contribution < -0.4 is 0 Å². The van der Waals surface area contributed by atoms with Gasteiger partial charge in [-0.3, -0.25) is 14.0 Å². The number of ether oxygens (including phenoxy) is 1. The molecule has 0 aliphatic carbocycles. The van der Waals surface area contributed by atoms with Crippen LogP contribution in [0.15, 0.2) is 0 Å². The van der Waals surface area contributed by atoms with Gasteiger partial charge in [0.05, 0.1) is 19.8 Å². The Kier molecular flexibility index (Phi) is 62.5. The van der Waals surface area contributed by atoms with Crippen LogP contribution in [0.5, 0.6) is 0 Å². The van der Waals surface area contributed by atoms with Crippen molar-refractivity contribution in [3.8, 4) is 0 Å². The third-order valence-corrected chi connectivity index (χ3v) is 11.5. The summed E-state index contributed by atoms with van der Waals surface area (Å²) in [6, 6.07) is 0. The van der Waals surface area contributed by atoms with Crippen molar-refractivity contribution in [3.63, 3.8) is 0 Å². The molecule has 0 saturated carbocycles. The van der Waals surface area contributed by atoms with Crippen molar-refractivity contribution >= 4 is 10.4 Å². The average molecular weight is 882 g/mol. The first-order valence-corrected chi connectivity index (χ1v) is 27.5. The fraction of sp³-hybridized carbons (Fsp3) is 1.00. The maximum absolute atomic E-state index is 8.74. The van der Waals surface area contributed by atoms with E-state index in [9.17, 15) is 0 Å². The lowest BCUT2D eigenvalue weighted by Crippen LogP contribution is -2.32. The summed E-state index contributed by atoms with van der Waals surface area (Å²) in [7, 11) is -4.67. The van der Waals surface area contributed by atoms with Crippen molar-refractivity contribution in [2.45, 2.75) is 271 Å². The number of nitrogens with zero attached hydrogens (tertiary/aromatic N) is 1. The van der Waals surface area contributed by atoms with Gasteiger partial charge in [-0.25, -0.2) is 0 Å². The molecule has 0 aromatic rings. The highest BCUT2D eigenvalue weighted by atomic mass is 32.3. The second-order valence-electron chi connectivity index (χ2n) is 17.5. The van der Waals surface area contributed by atoms with Crippen molar-refractivity contribution in [3.05, 3.63) is 0 Å². The lowest BCUT2D eigenvalue weighted by molar-refractivity contribution is 0.125. The quantitative estimate of drug-likeness (QED) is 0.0297. The summed E-state index contributed by atoms with van der Waals surface area (Å²) in [5.74, 6) is 0. The maximum atomic E-state index is 8.74. The van der Waals surface area contributed by atoms with E-state index in [1.54, 1.807) is 4.90 Å². The average Bonchev–Trinajstić information content (AvgIpc) is 3.21. The van der Waals surface area contributed by atoms with Gasteiger partial charge in [-0.15, -0.1) is 0 Å². The first-order valence-electron chi connectivity index (χ1n) is 26.1. The Morgan fingerprint density at radius 1 is 0.317 bits per heavy atom. The Morgan fingerprint density at radius 2 is 0.467 bits per heavy atom. The van der Waals surface area contributed by atoms with E-state index in [4.69, 9.17) is 37.6 Å². The van der Waals surface area contributed by atoms with Crippen LogP contribution in [0, 0.1) is 0 Å². The predicted molar refractivity (Wildman–Crippen MR) is 259 cm³/mol. The van der Waals surface area contributed by atoms with E-state index < -0.39 is 10.4 Å². The van der Waals surface area contributed by atoms with Crippen LogP contribution in [-0.2, 0) is 15.1 Å². The van der Waals surface area contributed by atoms with E-state index in [-0.39, 0.29) is 19.8 Å². The number of rotatable bonds is 48. The minimum absolute atomic E-state index is 0.0694. The smallest absolute Gasteiger partial charge is 0.394 e. The van der Waals surface area contributed by atoms with E-state index in [1.807, 2.05) is 0 Å². The highest BCUT2D eigenvalue weighted by Crippen LogP contribution is 2.17. The predicted octanol–water partition coefficient (Wildman–Crippen LogP) is 14.3. The normalized spacial score (nSPS) is 11.5. The van der Waals surface area contributed by atoms with Crippen LogP contribution in [-0.4, -0.2) is 90.4 Å². The summed E-state index contributed by atoms with van der Waals surface area (Å²) in [5.41, 5.74) is 0. The molecule has 0 unspecified atom stereocenters. The van der Waals surface area contributed by atoms with Gasteiger partial charge in [0.1, 0.15) is 0 Å². The van der Waals surface area contributed by atoms with E-state index in [1.165, 1.54) is 257 Å². The zero-order valence-corrected chi connectivity index (χ0v) is 41.1. The van der Waals surface area contributed by atoms with Crippen molar-refractivity contribution in [2.75, 3.05) is 52.7 Å². The minimum Gasteiger partial charge on any atom is -0.395 e. The Balaban J connectivity index is -0.00000182. The highest BCUT2D eigenvalue weighted by molar-refractivity contribution is 7.79. The van der Waals surface area contributed by atoms with Gasteiger partial charge in [0.25, 0.3) is 0 Å². The Labute approximate surface area is 375 Å². The second-order valence-corrected chi connectivity index (χ2v) is 18.4. The highest BCUT2D eigenvalue weighted by Gasteiger charge is 2.01. The zero-order chi connectivity index (χ0) is 44.7. The molecule has 0 spiro atoms. The van der Waals surface area contributed by atoms with E-state index in [2.05, 4.69) is 13.8 Å². The molecule has 0 rings (SSSR count). The molecule has 0 fully saturated rings.